The zero-order valence-electron chi connectivity index (χ0n) is 16.3. The van der Waals surface area contributed by atoms with Crippen molar-refractivity contribution in [2.75, 3.05) is 38.6 Å². The van der Waals surface area contributed by atoms with Crippen molar-refractivity contribution in [2.45, 2.75) is 13.3 Å². The molecule has 1 aromatic heterocycles. The number of anilines is 1. The molecule has 2 amide bonds. The quantitative estimate of drug-likeness (QED) is 0.854. The molecule has 1 aliphatic heterocycles. The first kappa shape index (κ1) is 18.9. The largest absolute Gasteiger partial charge is 0.356 e. The Hall–Kier alpha value is -2.90. The van der Waals surface area contributed by atoms with Gasteiger partial charge in [-0.15, -0.1) is 5.10 Å². The summed E-state index contributed by atoms with van der Waals surface area (Å²) < 4.78 is 1.71. The Kier molecular flexibility index (Phi) is 5.43. The van der Waals surface area contributed by atoms with Crippen LogP contribution in [0.2, 0.25) is 0 Å². The molecule has 1 N–H and O–H groups in total. The van der Waals surface area contributed by atoms with Gasteiger partial charge in [0.25, 0.3) is 5.91 Å². The number of hydrogen-bond acceptors (Lipinski definition) is 5. The number of likely N-dealkylation sites (tertiary alicyclic amines) is 1. The molecule has 1 aromatic carbocycles. The van der Waals surface area contributed by atoms with E-state index in [1.807, 2.05) is 51.2 Å². The maximum absolute atomic E-state index is 12.9. The monoisotopic (exact) mass is 370 g/mol. The van der Waals surface area contributed by atoms with Gasteiger partial charge in [0.1, 0.15) is 0 Å². The van der Waals surface area contributed by atoms with Gasteiger partial charge in [0, 0.05) is 51.9 Å². The fraction of sp³-hybridized carbons (Fsp3) is 0.474. The van der Waals surface area contributed by atoms with E-state index in [2.05, 4.69) is 15.4 Å². The molecule has 0 bridgehead atoms. The molecule has 1 atom stereocenters. The predicted octanol–water partition coefficient (Wildman–Crippen LogP) is 1.15. The number of aryl methyl sites for hydroxylation is 1. The molecule has 2 heterocycles. The number of carbonyl (C=O) groups excluding carboxylic acids is 2. The smallest absolute Gasteiger partial charge is 0.253 e. The Morgan fingerprint density at radius 3 is 2.78 bits per heavy atom. The number of hydrogen-bond donors (Lipinski definition) is 1. The molecule has 1 fully saturated rings. The lowest BCUT2D eigenvalue weighted by molar-refractivity contribution is -0.124. The van der Waals surface area contributed by atoms with E-state index < -0.39 is 0 Å². The maximum Gasteiger partial charge on any atom is 0.253 e. The van der Waals surface area contributed by atoms with E-state index >= 15 is 0 Å². The molecule has 8 heteroatoms. The third-order valence-corrected chi connectivity index (χ3v) is 4.71. The van der Waals surface area contributed by atoms with Crippen LogP contribution < -0.4 is 10.2 Å². The first-order valence-corrected chi connectivity index (χ1v) is 9.16. The molecule has 144 valence electrons. The summed E-state index contributed by atoms with van der Waals surface area (Å²) >= 11 is 0. The molecule has 1 saturated heterocycles. The van der Waals surface area contributed by atoms with Crippen molar-refractivity contribution in [1.29, 1.82) is 0 Å². The summed E-state index contributed by atoms with van der Waals surface area (Å²) in [6.45, 7) is 3.56. The van der Waals surface area contributed by atoms with Gasteiger partial charge in [0.2, 0.25) is 11.9 Å². The van der Waals surface area contributed by atoms with Gasteiger partial charge in [0.05, 0.1) is 5.92 Å². The highest BCUT2D eigenvalue weighted by atomic mass is 16.2. The van der Waals surface area contributed by atoms with Crippen molar-refractivity contribution in [3.05, 3.63) is 29.8 Å². The van der Waals surface area contributed by atoms with Crippen molar-refractivity contribution >= 4 is 17.8 Å². The molecule has 0 radical (unpaired) electrons. The Labute approximate surface area is 159 Å². The molecule has 8 nitrogen and oxygen atoms in total. The molecule has 3 rings (SSSR count). The second kappa shape index (κ2) is 7.77. The lowest BCUT2D eigenvalue weighted by Crippen LogP contribution is -2.34. The van der Waals surface area contributed by atoms with E-state index in [4.69, 9.17) is 0 Å². The predicted molar refractivity (Wildman–Crippen MR) is 103 cm³/mol. The minimum absolute atomic E-state index is 0.0236. The molecule has 27 heavy (non-hydrogen) atoms. The Morgan fingerprint density at radius 2 is 2.11 bits per heavy atom. The van der Waals surface area contributed by atoms with Crippen LogP contribution in [0.15, 0.2) is 24.3 Å². The highest BCUT2D eigenvalue weighted by Crippen LogP contribution is 2.23. The number of carbonyl (C=O) groups is 2. The van der Waals surface area contributed by atoms with Gasteiger partial charge in [-0.25, -0.2) is 4.68 Å². The van der Waals surface area contributed by atoms with Crippen molar-refractivity contribution in [1.82, 2.24) is 25.0 Å². The third-order valence-electron chi connectivity index (χ3n) is 4.71. The van der Waals surface area contributed by atoms with Crippen LogP contribution in [-0.2, 0) is 11.8 Å². The molecule has 0 aliphatic carbocycles. The van der Waals surface area contributed by atoms with Crippen LogP contribution in [0.25, 0.3) is 11.4 Å². The van der Waals surface area contributed by atoms with E-state index in [0.717, 1.165) is 11.5 Å². The van der Waals surface area contributed by atoms with Crippen LogP contribution in [0.3, 0.4) is 0 Å². The molecule has 0 saturated carbocycles. The molecular weight excluding hydrogens is 344 g/mol. The second-order valence-corrected chi connectivity index (χ2v) is 6.97. The minimum Gasteiger partial charge on any atom is -0.356 e. The van der Waals surface area contributed by atoms with E-state index in [9.17, 15) is 9.59 Å². The minimum atomic E-state index is -0.128. The highest BCUT2D eigenvalue weighted by molar-refractivity contribution is 5.96. The van der Waals surface area contributed by atoms with Crippen LogP contribution >= 0.6 is 0 Å². The van der Waals surface area contributed by atoms with Crippen molar-refractivity contribution in [3.8, 4) is 11.4 Å². The topological polar surface area (TPSA) is 83.4 Å². The fourth-order valence-electron chi connectivity index (χ4n) is 3.34. The van der Waals surface area contributed by atoms with E-state index in [1.165, 1.54) is 0 Å². The summed E-state index contributed by atoms with van der Waals surface area (Å²) in [6.07, 6.45) is 0.700. The third kappa shape index (κ3) is 3.94. The van der Waals surface area contributed by atoms with Crippen LogP contribution in [0.1, 0.15) is 23.7 Å². The average molecular weight is 370 g/mol. The number of amides is 2. The standard InChI is InChI=1S/C19H26N6O2/c1-5-20-17(26)15-9-10-25(12-15)18(27)14-8-6-7-13(11-14)16-21-19(23(2)3)24(4)22-16/h6-8,11,15H,5,9-10,12H2,1-4H3,(H,20,26)/t15-/m1/s1. The Bertz CT molecular complexity index is 844. The normalized spacial score (nSPS) is 16.4. The molecule has 1 aliphatic rings. The van der Waals surface area contributed by atoms with Gasteiger partial charge in [-0.05, 0) is 25.5 Å². The zero-order valence-corrected chi connectivity index (χ0v) is 16.3. The van der Waals surface area contributed by atoms with Crippen molar-refractivity contribution < 1.29 is 9.59 Å². The molecule has 0 spiro atoms. The summed E-state index contributed by atoms with van der Waals surface area (Å²) in [4.78, 5) is 33.0. The van der Waals surface area contributed by atoms with Crippen LogP contribution in [-0.4, -0.2) is 65.2 Å². The first-order valence-electron chi connectivity index (χ1n) is 9.16. The molecule has 0 unspecified atom stereocenters. The van der Waals surface area contributed by atoms with Gasteiger partial charge in [-0.2, -0.15) is 4.98 Å². The van der Waals surface area contributed by atoms with E-state index in [-0.39, 0.29) is 17.7 Å². The number of nitrogens with zero attached hydrogens (tertiary/aromatic N) is 5. The number of benzene rings is 1. The SMILES string of the molecule is CCNC(=O)[C@@H]1CCN(C(=O)c2cccc(-c3nc(N(C)C)n(C)n3)c2)C1. The summed E-state index contributed by atoms with van der Waals surface area (Å²) in [7, 11) is 5.66. The summed E-state index contributed by atoms with van der Waals surface area (Å²) in [5.41, 5.74) is 1.38. The van der Waals surface area contributed by atoms with Crippen LogP contribution in [0.4, 0.5) is 5.95 Å². The average Bonchev–Trinajstić information content (AvgIpc) is 3.28. The van der Waals surface area contributed by atoms with Crippen molar-refractivity contribution in [2.24, 2.45) is 13.0 Å². The first-order chi connectivity index (χ1) is 12.9. The van der Waals surface area contributed by atoms with Gasteiger partial charge in [-0.1, -0.05) is 12.1 Å². The van der Waals surface area contributed by atoms with Crippen LogP contribution in [0.5, 0.6) is 0 Å². The van der Waals surface area contributed by atoms with Gasteiger partial charge >= 0.3 is 0 Å². The van der Waals surface area contributed by atoms with Gasteiger partial charge in [0.15, 0.2) is 5.82 Å². The molecular formula is C19H26N6O2. The summed E-state index contributed by atoms with van der Waals surface area (Å²) in [5, 5.41) is 7.28. The number of aromatic nitrogens is 3. The van der Waals surface area contributed by atoms with Gasteiger partial charge in [-0.3, -0.25) is 9.59 Å². The Balaban J connectivity index is 1.77. The number of rotatable bonds is 5. The Morgan fingerprint density at radius 1 is 1.33 bits per heavy atom. The highest BCUT2D eigenvalue weighted by Gasteiger charge is 2.31. The summed E-state index contributed by atoms with van der Waals surface area (Å²) in [5.74, 6) is 1.16. The lowest BCUT2D eigenvalue weighted by atomic mass is 10.1. The van der Waals surface area contributed by atoms with E-state index in [0.29, 0.717) is 37.4 Å². The van der Waals surface area contributed by atoms with Gasteiger partial charge < -0.3 is 15.1 Å². The maximum atomic E-state index is 12.9. The second-order valence-electron chi connectivity index (χ2n) is 6.97. The number of nitrogens with one attached hydrogen (secondary N) is 1. The van der Waals surface area contributed by atoms with Crippen molar-refractivity contribution in [3.63, 3.8) is 0 Å². The molecule has 2 aromatic rings. The lowest BCUT2D eigenvalue weighted by Gasteiger charge is -2.16. The zero-order chi connectivity index (χ0) is 19.6. The van der Waals surface area contributed by atoms with Crippen LogP contribution in [0, 0.1) is 5.92 Å². The van der Waals surface area contributed by atoms with E-state index in [1.54, 1.807) is 15.6 Å². The summed E-state index contributed by atoms with van der Waals surface area (Å²) in [6, 6.07) is 7.34. The fourth-order valence-corrected chi connectivity index (χ4v) is 3.34.